The van der Waals surface area contributed by atoms with Crippen LogP contribution in [-0.4, -0.2) is 20.8 Å². The summed E-state index contributed by atoms with van der Waals surface area (Å²) in [5, 5.41) is 0.820. The zero-order chi connectivity index (χ0) is 21.8. The second kappa shape index (κ2) is 9.14. The van der Waals surface area contributed by atoms with Gasteiger partial charge in [0, 0.05) is 17.0 Å². The molecule has 0 saturated carbocycles. The van der Waals surface area contributed by atoms with Crippen LogP contribution in [0.1, 0.15) is 5.56 Å². The van der Waals surface area contributed by atoms with E-state index in [-0.39, 0.29) is 11.2 Å². The quantitative estimate of drug-likeness (QED) is 0.369. The first-order valence-corrected chi connectivity index (χ1v) is 10.1. The zero-order valence-electron chi connectivity index (χ0n) is 17.2. The van der Waals surface area contributed by atoms with E-state index >= 15 is 0 Å². The van der Waals surface area contributed by atoms with Crippen LogP contribution in [0.25, 0.3) is 22.3 Å². The predicted molar refractivity (Wildman–Crippen MR) is 122 cm³/mol. The van der Waals surface area contributed by atoms with Crippen LogP contribution in [0.3, 0.4) is 0 Å². The third-order valence-electron chi connectivity index (χ3n) is 4.94. The van der Waals surface area contributed by atoms with Crippen molar-refractivity contribution in [2.45, 2.75) is 6.42 Å². The Kier molecular flexibility index (Phi) is 6.14. The van der Waals surface area contributed by atoms with E-state index in [1.54, 1.807) is 50.6 Å². The first-order chi connectivity index (χ1) is 15.1. The Hall–Kier alpha value is -3.44. The highest BCUT2D eigenvalue weighted by Crippen LogP contribution is 2.37. The van der Waals surface area contributed by atoms with Gasteiger partial charge in [-0.3, -0.25) is 4.79 Å². The van der Waals surface area contributed by atoms with Crippen molar-refractivity contribution >= 4 is 22.6 Å². The molecule has 4 rings (SSSR count). The molecule has 6 heteroatoms. The maximum atomic E-state index is 13.3. The molecule has 158 valence electrons. The topological polar surface area (TPSA) is 57.9 Å². The van der Waals surface area contributed by atoms with Gasteiger partial charge in [-0.25, -0.2) is 0 Å². The van der Waals surface area contributed by atoms with Crippen LogP contribution in [0.15, 0.2) is 75.9 Å². The molecule has 0 N–H and O–H groups in total. The highest BCUT2D eigenvalue weighted by molar-refractivity contribution is 6.31. The second-order valence-electron chi connectivity index (χ2n) is 6.88. The van der Waals surface area contributed by atoms with Crippen LogP contribution < -0.4 is 19.6 Å². The fourth-order valence-corrected chi connectivity index (χ4v) is 3.54. The molecule has 0 aliphatic heterocycles. The summed E-state index contributed by atoms with van der Waals surface area (Å²) in [4.78, 5) is 13.3. The molecule has 31 heavy (non-hydrogen) atoms. The van der Waals surface area contributed by atoms with Gasteiger partial charge >= 0.3 is 0 Å². The lowest BCUT2D eigenvalue weighted by Gasteiger charge is -2.14. The van der Waals surface area contributed by atoms with E-state index < -0.39 is 0 Å². The second-order valence-corrected chi connectivity index (χ2v) is 7.32. The van der Waals surface area contributed by atoms with Crippen LogP contribution in [0, 0.1) is 0 Å². The normalized spacial score (nSPS) is 10.8. The number of methoxy groups -OCH3 is 2. The summed E-state index contributed by atoms with van der Waals surface area (Å²) < 4.78 is 22.8. The molecule has 1 aromatic heterocycles. The molecule has 5 nitrogen and oxygen atoms in total. The van der Waals surface area contributed by atoms with E-state index in [0.29, 0.717) is 51.8 Å². The third-order valence-corrected chi connectivity index (χ3v) is 5.17. The van der Waals surface area contributed by atoms with Crippen LogP contribution in [-0.2, 0) is 6.42 Å². The number of halogens is 1. The van der Waals surface area contributed by atoms with E-state index in [1.807, 2.05) is 30.3 Å². The van der Waals surface area contributed by atoms with E-state index in [9.17, 15) is 4.79 Å². The summed E-state index contributed by atoms with van der Waals surface area (Å²) in [6.45, 7) is 0.321. The van der Waals surface area contributed by atoms with E-state index in [1.165, 1.54) is 0 Å². The minimum Gasteiger partial charge on any atom is -0.493 e. The Bertz CT molecular complexity index is 1260. The van der Waals surface area contributed by atoms with Gasteiger partial charge in [-0.05, 0) is 42.0 Å². The summed E-state index contributed by atoms with van der Waals surface area (Å²) in [7, 11) is 3.12. The maximum Gasteiger partial charge on any atom is 0.235 e. The summed E-state index contributed by atoms with van der Waals surface area (Å²) in [5.41, 5.74) is 1.90. The Labute approximate surface area is 184 Å². The Balaban J connectivity index is 1.80. The molecule has 0 radical (unpaired) electrons. The number of fused-ring (bicyclic) bond motifs is 1. The Morgan fingerprint density at radius 2 is 1.68 bits per heavy atom. The smallest absolute Gasteiger partial charge is 0.235 e. The molecule has 0 aliphatic carbocycles. The van der Waals surface area contributed by atoms with Gasteiger partial charge in [-0.1, -0.05) is 41.9 Å². The van der Waals surface area contributed by atoms with Gasteiger partial charge in [0.05, 0.1) is 26.2 Å². The average Bonchev–Trinajstić information content (AvgIpc) is 2.81. The van der Waals surface area contributed by atoms with Crippen LogP contribution in [0.4, 0.5) is 0 Å². The molecule has 0 aliphatic rings. The summed E-state index contributed by atoms with van der Waals surface area (Å²) >= 11 is 6.11. The lowest BCUT2D eigenvalue weighted by molar-refractivity contribution is 0.313. The predicted octanol–water partition coefficient (Wildman–Crippen LogP) is 5.75. The van der Waals surface area contributed by atoms with Crippen molar-refractivity contribution in [1.82, 2.24) is 0 Å². The first-order valence-electron chi connectivity index (χ1n) is 9.76. The molecule has 3 aromatic carbocycles. The van der Waals surface area contributed by atoms with E-state index in [4.69, 9.17) is 30.2 Å². The summed E-state index contributed by atoms with van der Waals surface area (Å²) in [5.74, 6) is 1.56. The summed E-state index contributed by atoms with van der Waals surface area (Å²) in [6, 6.07) is 20.2. The molecule has 0 atom stereocenters. The molecule has 0 bridgehead atoms. The molecule has 4 aromatic rings. The van der Waals surface area contributed by atoms with Gasteiger partial charge in [-0.2, -0.15) is 0 Å². The van der Waals surface area contributed by atoms with E-state index in [0.717, 1.165) is 5.56 Å². The molecule has 0 unspecified atom stereocenters. The lowest BCUT2D eigenvalue weighted by atomic mass is 10.1. The molecular weight excluding hydrogens is 416 g/mol. The number of ether oxygens (including phenoxy) is 3. The molecule has 0 fully saturated rings. The Morgan fingerprint density at radius 3 is 2.42 bits per heavy atom. The Morgan fingerprint density at radius 1 is 0.903 bits per heavy atom. The average molecular weight is 437 g/mol. The van der Waals surface area contributed by atoms with Crippen molar-refractivity contribution in [1.29, 1.82) is 0 Å². The molecule has 0 spiro atoms. The lowest BCUT2D eigenvalue weighted by Crippen LogP contribution is -2.12. The minimum atomic E-state index is -0.276. The van der Waals surface area contributed by atoms with Crippen molar-refractivity contribution < 1.29 is 18.6 Å². The fraction of sp³-hybridized carbons (Fsp3) is 0.160. The molecule has 0 saturated heterocycles. The van der Waals surface area contributed by atoms with Gasteiger partial charge in [0.2, 0.25) is 11.2 Å². The standard InChI is InChI=1S/C25H21ClO5/c1-28-21-10-8-17(14-22(21)29-2)24-25(30-13-12-16-6-4-3-5-7-16)23(27)19-15-18(26)9-11-20(19)31-24/h3-11,14-15H,12-13H2,1-2H3. The minimum absolute atomic E-state index is 0.137. The largest absolute Gasteiger partial charge is 0.493 e. The van der Waals surface area contributed by atoms with Gasteiger partial charge in [0.1, 0.15) is 5.58 Å². The summed E-state index contributed by atoms with van der Waals surface area (Å²) in [6.07, 6.45) is 0.652. The number of hydrogen-bond donors (Lipinski definition) is 0. The van der Waals surface area contributed by atoms with Crippen LogP contribution >= 0.6 is 11.6 Å². The number of benzene rings is 3. The molecule has 0 amide bonds. The number of rotatable bonds is 7. The first kappa shape index (κ1) is 20.8. The zero-order valence-corrected chi connectivity index (χ0v) is 17.9. The monoisotopic (exact) mass is 436 g/mol. The highest BCUT2D eigenvalue weighted by Gasteiger charge is 2.19. The van der Waals surface area contributed by atoms with Gasteiger partial charge in [0.25, 0.3) is 0 Å². The van der Waals surface area contributed by atoms with Crippen LogP contribution in [0.5, 0.6) is 17.2 Å². The third kappa shape index (κ3) is 4.37. The highest BCUT2D eigenvalue weighted by atomic mass is 35.5. The molecule has 1 heterocycles. The van der Waals surface area contributed by atoms with Gasteiger partial charge in [-0.15, -0.1) is 0 Å². The van der Waals surface area contributed by atoms with Crippen molar-refractivity contribution in [3.63, 3.8) is 0 Å². The maximum absolute atomic E-state index is 13.3. The van der Waals surface area contributed by atoms with Crippen molar-refractivity contribution in [2.75, 3.05) is 20.8 Å². The van der Waals surface area contributed by atoms with Crippen molar-refractivity contribution in [3.05, 3.63) is 87.5 Å². The van der Waals surface area contributed by atoms with E-state index in [2.05, 4.69) is 0 Å². The fourth-order valence-electron chi connectivity index (χ4n) is 3.36. The van der Waals surface area contributed by atoms with Crippen LogP contribution in [0.2, 0.25) is 5.02 Å². The van der Waals surface area contributed by atoms with Crippen molar-refractivity contribution in [2.24, 2.45) is 0 Å². The SMILES string of the molecule is COc1ccc(-c2oc3ccc(Cl)cc3c(=O)c2OCCc2ccccc2)cc1OC. The number of hydrogen-bond acceptors (Lipinski definition) is 5. The van der Waals surface area contributed by atoms with Gasteiger partial charge in [0.15, 0.2) is 17.3 Å². The van der Waals surface area contributed by atoms with Crippen molar-refractivity contribution in [3.8, 4) is 28.6 Å². The molecular formula is C25H21ClO5. The van der Waals surface area contributed by atoms with Gasteiger partial charge < -0.3 is 18.6 Å².